The van der Waals surface area contributed by atoms with Crippen molar-refractivity contribution in [1.82, 2.24) is 4.57 Å². The van der Waals surface area contributed by atoms with Gasteiger partial charge in [0.1, 0.15) is 6.61 Å². The van der Waals surface area contributed by atoms with Gasteiger partial charge in [0, 0.05) is 21.8 Å². The van der Waals surface area contributed by atoms with Crippen LogP contribution in [0.15, 0.2) is 48.5 Å². The number of nitrogens with zero attached hydrogens (tertiary/aromatic N) is 1. The monoisotopic (exact) mass is 307 g/mol. The van der Waals surface area contributed by atoms with E-state index in [1.165, 1.54) is 10.8 Å². The molecule has 0 radical (unpaired) electrons. The average Bonchev–Trinajstić information content (AvgIpc) is 2.89. The number of terminal acetylenes is 1. The number of benzene rings is 2. The standard InChI is InChI=1S/C19H17NO3/c1-3-14(2)23-19(21)22-13-12-20-17-10-6-4-8-15(17)16-9-5-7-11-18(16)20/h1,4-11,14H,12-13H2,2H3/t14-/m0/s1. The third-order valence-electron chi connectivity index (χ3n) is 3.72. The van der Waals surface area contributed by atoms with Crippen molar-refractivity contribution in [2.75, 3.05) is 6.61 Å². The molecule has 0 aliphatic carbocycles. The molecule has 0 aliphatic heterocycles. The lowest BCUT2D eigenvalue weighted by atomic mass is 10.2. The van der Waals surface area contributed by atoms with Crippen molar-refractivity contribution in [3.63, 3.8) is 0 Å². The summed E-state index contributed by atoms with van der Waals surface area (Å²) in [4.78, 5) is 11.5. The van der Waals surface area contributed by atoms with Gasteiger partial charge in [-0.1, -0.05) is 42.3 Å². The van der Waals surface area contributed by atoms with E-state index in [-0.39, 0.29) is 6.61 Å². The molecule has 1 atom stereocenters. The Bertz CT molecular complexity index is 835. The summed E-state index contributed by atoms with van der Waals surface area (Å²) < 4.78 is 12.1. The lowest BCUT2D eigenvalue weighted by molar-refractivity contribution is 0.0425. The van der Waals surface area contributed by atoms with Gasteiger partial charge in [-0.15, -0.1) is 6.42 Å². The number of hydrogen-bond donors (Lipinski definition) is 0. The van der Waals surface area contributed by atoms with Crippen LogP contribution >= 0.6 is 0 Å². The van der Waals surface area contributed by atoms with Gasteiger partial charge in [0.2, 0.25) is 0 Å². The summed E-state index contributed by atoms with van der Waals surface area (Å²) in [5.41, 5.74) is 2.23. The molecular formula is C19H17NO3. The van der Waals surface area contributed by atoms with Crippen molar-refractivity contribution in [3.05, 3.63) is 48.5 Å². The molecule has 0 fully saturated rings. The quantitative estimate of drug-likeness (QED) is 0.541. The van der Waals surface area contributed by atoms with Gasteiger partial charge in [0.05, 0.1) is 6.54 Å². The number of hydrogen-bond acceptors (Lipinski definition) is 3. The molecule has 1 aromatic heterocycles. The van der Waals surface area contributed by atoms with Crippen LogP contribution in [0.25, 0.3) is 21.8 Å². The highest BCUT2D eigenvalue weighted by molar-refractivity contribution is 6.07. The van der Waals surface area contributed by atoms with E-state index in [0.717, 1.165) is 11.0 Å². The zero-order valence-corrected chi connectivity index (χ0v) is 12.9. The molecule has 23 heavy (non-hydrogen) atoms. The van der Waals surface area contributed by atoms with Gasteiger partial charge in [-0.25, -0.2) is 4.79 Å². The highest BCUT2D eigenvalue weighted by Gasteiger charge is 2.11. The smallest absolute Gasteiger partial charge is 0.432 e. The van der Waals surface area contributed by atoms with Crippen LogP contribution < -0.4 is 0 Å². The molecule has 4 heteroatoms. The molecule has 0 saturated heterocycles. The van der Waals surface area contributed by atoms with Crippen LogP contribution in [0.4, 0.5) is 4.79 Å². The molecule has 0 aliphatic rings. The molecule has 3 aromatic rings. The van der Waals surface area contributed by atoms with Crippen LogP contribution in [-0.2, 0) is 16.0 Å². The second kappa shape index (κ2) is 6.45. The maximum atomic E-state index is 11.5. The summed E-state index contributed by atoms with van der Waals surface area (Å²) >= 11 is 0. The number of fused-ring (bicyclic) bond motifs is 3. The van der Waals surface area contributed by atoms with E-state index < -0.39 is 12.3 Å². The van der Waals surface area contributed by atoms with Crippen LogP contribution in [0.2, 0.25) is 0 Å². The molecule has 0 unspecified atom stereocenters. The van der Waals surface area contributed by atoms with Crippen molar-refractivity contribution < 1.29 is 14.3 Å². The van der Waals surface area contributed by atoms with Crippen LogP contribution in [0.5, 0.6) is 0 Å². The lowest BCUT2D eigenvalue weighted by Crippen LogP contribution is -2.16. The number of ether oxygens (including phenoxy) is 2. The Morgan fingerprint density at radius 2 is 1.70 bits per heavy atom. The Kier molecular flexibility index (Phi) is 4.20. The summed E-state index contributed by atoms with van der Waals surface area (Å²) in [6, 6.07) is 16.4. The van der Waals surface area contributed by atoms with Gasteiger partial charge in [-0.3, -0.25) is 0 Å². The molecule has 0 bridgehead atoms. The van der Waals surface area contributed by atoms with E-state index in [0.29, 0.717) is 6.54 Å². The Hall–Kier alpha value is -2.93. The summed E-state index contributed by atoms with van der Waals surface area (Å²) in [6.07, 6.45) is 3.84. The molecule has 2 aromatic carbocycles. The molecule has 1 heterocycles. The fraction of sp³-hybridized carbons (Fsp3) is 0.211. The third kappa shape index (κ3) is 3.00. The van der Waals surface area contributed by atoms with Crippen molar-refractivity contribution in [2.24, 2.45) is 0 Å². The van der Waals surface area contributed by atoms with Gasteiger partial charge < -0.3 is 14.0 Å². The van der Waals surface area contributed by atoms with E-state index >= 15 is 0 Å². The molecular weight excluding hydrogens is 290 g/mol. The maximum absolute atomic E-state index is 11.5. The predicted octanol–water partition coefficient (Wildman–Crippen LogP) is 3.97. The predicted molar refractivity (Wildman–Crippen MR) is 90.2 cm³/mol. The lowest BCUT2D eigenvalue weighted by Gasteiger charge is -2.10. The SMILES string of the molecule is C#C[C@H](C)OC(=O)OCCn1c2ccccc2c2ccccc21. The molecule has 0 N–H and O–H groups in total. The second-order valence-electron chi connectivity index (χ2n) is 5.21. The van der Waals surface area contributed by atoms with E-state index in [4.69, 9.17) is 15.9 Å². The normalized spacial score (nSPS) is 12.0. The van der Waals surface area contributed by atoms with Crippen LogP contribution in [0.3, 0.4) is 0 Å². The fourth-order valence-electron chi connectivity index (χ4n) is 2.68. The van der Waals surface area contributed by atoms with E-state index in [2.05, 4.69) is 34.8 Å². The number of aromatic nitrogens is 1. The molecule has 0 saturated carbocycles. The molecule has 0 spiro atoms. The van der Waals surface area contributed by atoms with Gasteiger partial charge in [0.25, 0.3) is 0 Å². The zero-order chi connectivity index (χ0) is 16.2. The number of rotatable bonds is 4. The van der Waals surface area contributed by atoms with Crippen LogP contribution in [0, 0.1) is 12.3 Å². The first-order chi connectivity index (χ1) is 11.2. The largest absolute Gasteiger partial charge is 0.509 e. The van der Waals surface area contributed by atoms with Crippen LogP contribution in [-0.4, -0.2) is 23.4 Å². The first kappa shape index (κ1) is 15.0. The fourth-order valence-corrected chi connectivity index (χ4v) is 2.68. The van der Waals surface area contributed by atoms with Gasteiger partial charge in [0.15, 0.2) is 6.10 Å². The summed E-state index contributed by atoms with van der Waals surface area (Å²) in [6.45, 7) is 2.39. The second-order valence-corrected chi connectivity index (χ2v) is 5.21. The minimum atomic E-state index is -0.740. The minimum Gasteiger partial charge on any atom is -0.432 e. The average molecular weight is 307 g/mol. The first-order valence-corrected chi connectivity index (χ1v) is 7.46. The van der Waals surface area contributed by atoms with Crippen molar-refractivity contribution >= 4 is 28.0 Å². The number of carbonyl (C=O) groups excluding carboxylic acids is 1. The minimum absolute atomic E-state index is 0.221. The molecule has 116 valence electrons. The van der Waals surface area contributed by atoms with Gasteiger partial charge in [-0.05, 0) is 19.1 Å². The maximum Gasteiger partial charge on any atom is 0.509 e. The highest BCUT2D eigenvalue weighted by atomic mass is 16.7. The van der Waals surface area contributed by atoms with E-state index in [1.807, 2.05) is 24.3 Å². The first-order valence-electron chi connectivity index (χ1n) is 7.46. The summed E-state index contributed by atoms with van der Waals surface area (Å²) in [5, 5.41) is 2.37. The van der Waals surface area contributed by atoms with E-state index in [9.17, 15) is 4.79 Å². The molecule has 0 amide bonds. The van der Waals surface area contributed by atoms with Crippen molar-refractivity contribution in [1.29, 1.82) is 0 Å². The zero-order valence-electron chi connectivity index (χ0n) is 12.9. The summed E-state index contributed by atoms with van der Waals surface area (Å²) in [7, 11) is 0. The van der Waals surface area contributed by atoms with Crippen molar-refractivity contribution in [3.8, 4) is 12.3 Å². The Labute approximate surface area is 134 Å². The third-order valence-corrected chi connectivity index (χ3v) is 3.72. The summed E-state index contributed by atoms with van der Waals surface area (Å²) in [5.74, 6) is 2.32. The van der Waals surface area contributed by atoms with Crippen LogP contribution in [0.1, 0.15) is 6.92 Å². The molecule has 4 nitrogen and oxygen atoms in total. The van der Waals surface area contributed by atoms with E-state index in [1.54, 1.807) is 6.92 Å². The molecule has 3 rings (SSSR count). The topological polar surface area (TPSA) is 40.5 Å². The van der Waals surface area contributed by atoms with Gasteiger partial charge >= 0.3 is 6.16 Å². The number of carbonyl (C=O) groups is 1. The van der Waals surface area contributed by atoms with Gasteiger partial charge in [-0.2, -0.15) is 0 Å². The Morgan fingerprint density at radius 3 is 2.26 bits per heavy atom. The Morgan fingerprint density at radius 1 is 1.13 bits per heavy atom. The van der Waals surface area contributed by atoms with Crippen molar-refractivity contribution in [2.45, 2.75) is 19.6 Å². The number of para-hydroxylation sites is 2. The Balaban J connectivity index is 1.80. The highest BCUT2D eigenvalue weighted by Crippen LogP contribution is 2.28.